The largest absolute Gasteiger partial charge is 0.480 e. The van der Waals surface area contributed by atoms with Crippen LogP contribution in [0.25, 0.3) is 10.9 Å². The minimum atomic E-state index is -1.49. The SMILES string of the molecule is CC(C)C[C@H](NC(=O)[C@H](CC(N)=O)NC(=O)[C@@H](N)Cc1c[nH]c2ccccc12)C(=O)N[C@@H](CC(N)=O)C(=O)N1CCC[C@H]1C(=O)O. The highest BCUT2D eigenvalue weighted by molar-refractivity contribution is 5.98. The first-order valence-corrected chi connectivity index (χ1v) is 15.0. The second-order valence-corrected chi connectivity index (χ2v) is 11.9. The molecule has 1 fully saturated rings. The average Bonchev–Trinajstić information content (AvgIpc) is 3.63. The zero-order valence-electron chi connectivity index (χ0n) is 25.8. The number of para-hydroxylation sites is 1. The molecule has 1 aromatic heterocycles. The number of nitrogens with zero attached hydrogens (tertiary/aromatic N) is 1. The molecule has 0 bridgehead atoms. The van der Waals surface area contributed by atoms with Crippen LogP contribution < -0.4 is 33.2 Å². The normalized spacial score (nSPS) is 17.1. The number of primary amides is 2. The van der Waals surface area contributed by atoms with E-state index in [2.05, 4.69) is 20.9 Å². The predicted octanol–water partition coefficient (Wildman–Crippen LogP) is -1.64. The first kappa shape index (κ1) is 35.5. The highest BCUT2D eigenvalue weighted by atomic mass is 16.4. The van der Waals surface area contributed by atoms with Gasteiger partial charge in [-0.2, -0.15) is 0 Å². The van der Waals surface area contributed by atoms with Crippen LogP contribution in [0, 0.1) is 5.92 Å². The number of hydrogen-bond acceptors (Lipinski definition) is 8. The fourth-order valence-electron chi connectivity index (χ4n) is 5.46. The molecule has 1 aromatic carbocycles. The van der Waals surface area contributed by atoms with Gasteiger partial charge in [0.2, 0.25) is 35.4 Å². The fraction of sp³-hybridized carbons (Fsp3) is 0.500. The molecule has 46 heavy (non-hydrogen) atoms. The number of carbonyl (C=O) groups excluding carboxylic acids is 6. The zero-order chi connectivity index (χ0) is 34.1. The summed E-state index contributed by atoms with van der Waals surface area (Å²) in [6.07, 6.45) is 1.34. The molecule has 0 unspecified atom stereocenters. The lowest BCUT2D eigenvalue weighted by Gasteiger charge is -2.29. The number of aliphatic carboxylic acids is 1. The minimum absolute atomic E-state index is 0.0633. The molecule has 2 heterocycles. The second kappa shape index (κ2) is 15.8. The van der Waals surface area contributed by atoms with Crippen molar-refractivity contribution in [1.82, 2.24) is 25.8 Å². The fourth-order valence-corrected chi connectivity index (χ4v) is 5.46. The number of carbonyl (C=O) groups is 7. The second-order valence-electron chi connectivity index (χ2n) is 11.9. The van der Waals surface area contributed by atoms with Gasteiger partial charge in [-0.15, -0.1) is 0 Å². The summed E-state index contributed by atoms with van der Waals surface area (Å²) in [6, 6.07) is 0.964. The molecule has 2 aromatic rings. The van der Waals surface area contributed by atoms with E-state index in [9.17, 15) is 38.7 Å². The van der Waals surface area contributed by atoms with Crippen LogP contribution in [0.4, 0.5) is 0 Å². The van der Waals surface area contributed by atoms with E-state index in [1.165, 1.54) is 0 Å². The van der Waals surface area contributed by atoms with Crippen LogP contribution in [0.1, 0.15) is 51.5 Å². The topological polar surface area (TPSA) is 273 Å². The molecular weight excluding hydrogens is 600 g/mol. The Balaban J connectivity index is 1.74. The van der Waals surface area contributed by atoms with Gasteiger partial charge in [0, 0.05) is 23.6 Å². The van der Waals surface area contributed by atoms with Crippen LogP contribution in [0.2, 0.25) is 0 Å². The highest BCUT2D eigenvalue weighted by Crippen LogP contribution is 2.20. The van der Waals surface area contributed by atoms with Gasteiger partial charge in [-0.05, 0) is 43.2 Å². The van der Waals surface area contributed by atoms with Crippen LogP contribution in [-0.4, -0.2) is 93.2 Å². The summed E-state index contributed by atoms with van der Waals surface area (Å²) < 4.78 is 0. The van der Waals surface area contributed by atoms with Gasteiger partial charge >= 0.3 is 5.97 Å². The molecule has 16 nitrogen and oxygen atoms in total. The molecule has 250 valence electrons. The van der Waals surface area contributed by atoms with Gasteiger partial charge in [0.15, 0.2) is 0 Å². The molecule has 1 saturated heterocycles. The van der Waals surface area contributed by atoms with Crippen molar-refractivity contribution in [3.63, 3.8) is 0 Å². The van der Waals surface area contributed by atoms with E-state index < -0.39 is 84.5 Å². The number of hydrogen-bond donors (Lipinski definition) is 8. The summed E-state index contributed by atoms with van der Waals surface area (Å²) in [5.41, 5.74) is 18.4. The van der Waals surface area contributed by atoms with Crippen LogP contribution in [0.5, 0.6) is 0 Å². The summed E-state index contributed by atoms with van der Waals surface area (Å²) in [5.74, 6) is -6.49. The summed E-state index contributed by atoms with van der Waals surface area (Å²) >= 11 is 0. The van der Waals surface area contributed by atoms with E-state index in [1.807, 2.05) is 24.3 Å². The third kappa shape index (κ3) is 9.50. The molecule has 3 rings (SSSR count). The van der Waals surface area contributed by atoms with E-state index >= 15 is 0 Å². The number of fused-ring (bicyclic) bond motifs is 1. The number of nitrogens with one attached hydrogen (secondary N) is 4. The number of H-pyrrole nitrogens is 1. The monoisotopic (exact) mass is 642 g/mol. The average molecular weight is 643 g/mol. The maximum atomic E-state index is 13.4. The van der Waals surface area contributed by atoms with E-state index in [1.54, 1.807) is 20.0 Å². The van der Waals surface area contributed by atoms with Gasteiger partial charge in [0.05, 0.1) is 18.9 Å². The standard InChI is InChI=1S/C30H42N8O8/c1-15(2)10-20(27(42)37-22(13-25(33)40)29(44)38-9-5-8-23(38)30(45)46)36-28(43)21(12-24(32)39)35-26(41)18(31)11-16-14-34-19-7-4-3-6-17(16)19/h3-4,6-7,14-15,18,20-23,34H,5,8-13,31H2,1-2H3,(H2,32,39)(H2,33,40)(H,35,41)(H,36,43)(H,37,42)(H,45,46)/t18-,20-,21-,22-,23-/m0/s1. The molecule has 0 spiro atoms. The van der Waals surface area contributed by atoms with E-state index in [4.69, 9.17) is 17.2 Å². The van der Waals surface area contributed by atoms with Gasteiger partial charge in [0.25, 0.3) is 0 Å². The summed E-state index contributed by atoms with van der Waals surface area (Å²) in [7, 11) is 0. The Morgan fingerprint density at radius 1 is 0.913 bits per heavy atom. The molecule has 0 radical (unpaired) electrons. The number of benzene rings is 1. The number of aromatic nitrogens is 1. The molecule has 1 aliphatic heterocycles. The third-order valence-electron chi connectivity index (χ3n) is 7.67. The maximum Gasteiger partial charge on any atom is 0.326 e. The first-order valence-electron chi connectivity index (χ1n) is 15.0. The van der Waals surface area contributed by atoms with E-state index in [0.29, 0.717) is 6.42 Å². The lowest BCUT2D eigenvalue weighted by atomic mass is 10.0. The van der Waals surface area contributed by atoms with Crippen LogP contribution in [0.15, 0.2) is 30.5 Å². The number of carboxylic acid groups (broad SMARTS) is 1. The number of aromatic amines is 1. The Hall–Kier alpha value is -4.99. The Kier molecular flexibility index (Phi) is 12.2. The van der Waals surface area contributed by atoms with Crippen LogP contribution >= 0.6 is 0 Å². The highest BCUT2D eigenvalue weighted by Gasteiger charge is 2.39. The summed E-state index contributed by atoms with van der Waals surface area (Å²) in [6.45, 7) is 3.66. The number of nitrogens with two attached hydrogens (primary N) is 3. The molecule has 6 amide bonds. The number of rotatable bonds is 16. The molecule has 0 aliphatic carbocycles. The van der Waals surface area contributed by atoms with E-state index in [0.717, 1.165) is 21.4 Å². The Labute approximate surface area is 265 Å². The van der Waals surface area contributed by atoms with Crippen molar-refractivity contribution in [2.75, 3.05) is 6.54 Å². The van der Waals surface area contributed by atoms with Crippen molar-refractivity contribution < 1.29 is 38.7 Å². The first-order chi connectivity index (χ1) is 21.7. The Bertz CT molecular complexity index is 1470. The minimum Gasteiger partial charge on any atom is -0.480 e. The van der Waals surface area contributed by atoms with E-state index in [-0.39, 0.29) is 31.7 Å². The van der Waals surface area contributed by atoms with Gasteiger partial charge in [-0.1, -0.05) is 32.0 Å². The number of likely N-dealkylation sites (tertiary alicyclic amines) is 1. The third-order valence-corrected chi connectivity index (χ3v) is 7.67. The van der Waals surface area contributed by atoms with Gasteiger partial charge in [-0.25, -0.2) is 4.79 Å². The maximum absolute atomic E-state index is 13.4. The lowest BCUT2D eigenvalue weighted by molar-refractivity contribution is -0.149. The molecule has 0 saturated carbocycles. The Morgan fingerprint density at radius 2 is 1.50 bits per heavy atom. The van der Waals surface area contributed by atoms with Crippen molar-refractivity contribution in [1.29, 1.82) is 0 Å². The summed E-state index contributed by atoms with van der Waals surface area (Å²) in [5, 5.41) is 17.7. The van der Waals surface area contributed by atoms with Gasteiger partial charge in [0.1, 0.15) is 24.2 Å². The lowest BCUT2D eigenvalue weighted by Crippen LogP contribution is -2.59. The van der Waals surface area contributed by atoms with Crippen molar-refractivity contribution >= 4 is 52.3 Å². The van der Waals surface area contributed by atoms with Crippen molar-refractivity contribution in [2.24, 2.45) is 23.1 Å². The van der Waals surface area contributed by atoms with Gasteiger partial charge < -0.3 is 48.1 Å². The number of amides is 6. The van der Waals surface area contributed by atoms with Crippen LogP contribution in [0.3, 0.4) is 0 Å². The molecule has 5 atom stereocenters. The van der Waals surface area contributed by atoms with Crippen molar-refractivity contribution in [2.45, 2.75) is 82.6 Å². The zero-order valence-corrected chi connectivity index (χ0v) is 25.8. The molecular formula is C30H42N8O8. The molecule has 1 aliphatic rings. The van der Waals surface area contributed by atoms with Crippen LogP contribution in [-0.2, 0) is 40.0 Å². The number of carboxylic acids is 1. The Morgan fingerprint density at radius 3 is 2.13 bits per heavy atom. The molecule has 16 heteroatoms. The molecule has 11 N–H and O–H groups in total. The smallest absolute Gasteiger partial charge is 0.326 e. The quantitative estimate of drug-likeness (QED) is 0.104. The van der Waals surface area contributed by atoms with Crippen molar-refractivity contribution in [3.8, 4) is 0 Å². The predicted molar refractivity (Wildman–Crippen MR) is 165 cm³/mol. The summed E-state index contributed by atoms with van der Waals surface area (Å²) in [4.78, 5) is 92.5. The van der Waals surface area contributed by atoms with Crippen molar-refractivity contribution in [3.05, 3.63) is 36.0 Å². The van der Waals surface area contributed by atoms with Gasteiger partial charge in [-0.3, -0.25) is 28.8 Å².